The van der Waals surface area contributed by atoms with Gasteiger partial charge in [-0.3, -0.25) is 9.59 Å². The normalized spacial score (nSPS) is 19.4. The van der Waals surface area contributed by atoms with E-state index >= 15 is 0 Å². The highest BCUT2D eigenvalue weighted by atomic mass is 35.5. The molecule has 0 aliphatic carbocycles. The number of hydrogen-bond acceptors (Lipinski definition) is 4. The maximum absolute atomic E-state index is 13.0. The van der Waals surface area contributed by atoms with Crippen molar-refractivity contribution in [3.8, 4) is 0 Å². The Kier molecular flexibility index (Phi) is 9.32. The van der Waals surface area contributed by atoms with Gasteiger partial charge in [-0.2, -0.15) is 0 Å². The summed E-state index contributed by atoms with van der Waals surface area (Å²) in [4.78, 5) is 37.4. The number of amides is 3. The van der Waals surface area contributed by atoms with Crippen molar-refractivity contribution >= 4 is 29.5 Å². The Morgan fingerprint density at radius 3 is 2.64 bits per heavy atom. The molecule has 1 heterocycles. The van der Waals surface area contributed by atoms with Crippen LogP contribution in [0.5, 0.6) is 0 Å². The lowest BCUT2D eigenvalue weighted by atomic mass is 10.0. The van der Waals surface area contributed by atoms with Gasteiger partial charge in [0.1, 0.15) is 12.6 Å². The number of alkyl carbamates (subject to hydrolysis) is 1. The van der Waals surface area contributed by atoms with Gasteiger partial charge in [0, 0.05) is 17.6 Å². The van der Waals surface area contributed by atoms with Gasteiger partial charge in [-0.05, 0) is 48.9 Å². The monoisotopic (exact) mass is 469 g/mol. The third kappa shape index (κ3) is 8.61. The Labute approximate surface area is 198 Å². The number of rotatable bonds is 5. The van der Waals surface area contributed by atoms with Gasteiger partial charge in [-0.1, -0.05) is 60.1 Å². The molecule has 0 radical (unpaired) electrons. The summed E-state index contributed by atoms with van der Waals surface area (Å²) in [6.45, 7) is 0.613. The first kappa shape index (κ1) is 24.3. The van der Waals surface area contributed by atoms with E-state index in [1.807, 2.05) is 48.5 Å². The molecule has 1 aliphatic rings. The summed E-state index contributed by atoms with van der Waals surface area (Å²) in [5.74, 6) is -0.538. The minimum absolute atomic E-state index is 0.118. The largest absolute Gasteiger partial charge is 0.445 e. The van der Waals surface area contributed by atoms with Crippen LogP contribution >= 0.6 is 11.6 Å². The fourth-order valence-electron chi connectivity index (χ4n) is 3.49. The highest BCUT2D eigenvalue weighted by molar-refractivity contribution is 6.30. The van der Waals surface area contributed by atoms with Gasteiger partial charge in [-0.15, -0.1) is 0 Å². The molecule has 0 aromatic heterocycles. The molecule has 0 unspecified atom stereocenters. The van der Waals surface area contributed by atoms with Crippen molar-refractivity contribution in [1.29, 1.82) is 0 Å². The zero-order chi connectivity index (χ0) is 23.5. The van der Waals surface area contributed by atoms with E-state index in [9.17, 15) is 14.4 Å². The highest BCUT2D eigenvalue weighted by Gasteiger charge is 2.24. The van der Waals surface area contributed by atoms with E-state index in [0.717, 1.165) is 11.1 Å². The van der Waals surface area contributed by atoms with Crippen LogP contribution in [0.15, 0.2) is 66.7 Å². The van der Waals surface area contributed by atoms with E-state index in [1.54, 1.807) is 12.1 Å². The number of ether oxygens (including phenoxy) is 1. The molecule has 0 spiro atoms. The van der Waals surface area contributed by atoms with Gasteiger partial charge in [0.25, 0.3) is 0 Å². The number of halogens is 1. The third-order valence-corrected chi connectivity index (χ3v) is 5.43. The zero-order valence-electron chi connectivity index (χ0n) is 18.3. The molecule has 7 nitrogen and oxygen atoms in total. The minimum atomic E-state index is -0.751. The third-order valence-electron chi connectivity index (χ3n) is 5.19. The summed E-state index contributed by atoms with van der Waals surface area (Å²) in [6.07, 6.45) is 4.64. The second kappa shape index (κ2) is 12.6. The van der Waals surface area contributed by atoms with E-state index in [0.29, 0.717) is 37.3 Å². The molecule has 174 valence electrons. The Morgan fingerprint density at radius 1 is 1.06 bits per heavy atom. The maximum atomic E-state index is 13.0. The van der Waals surface area contributed by atoms with Crippen molar-refractivity contribution in [3.05, 3.63) is 82.9 Å². The Morgan fingerprint density at radius 2 is 1.85 bits per heavy atom. The standard InChI is InChI=1S/C25H28ClN3O4/c26-20-10-6-9-19(15-20)16-21-12-13-23(30)27-14-5-4-11-22(24(31)28-21)29-25(32)33-17-18-7-2-1-3-8-18/h1-3,6-10,12-13,15,21-22H,4-5,11,14,16-17H2,(H,27,30)(H,28,31)(H,29,32)/t21-,22+/m1/s1. The lowest BCUT2D eigenvalue weighted by Crippen LogP contribution is -2.50. The maximum Gasteiger partial charge on any atom is 0.408 e. The van der Waals surface area contributed by atoms with Crippen LogP contribution in [-0.4, -0.2) is 36.5 Å². The van der Waals surface area contributed by atoms with Crippen LogP contribution in [0.1, 0.15) is 30.4 Å². The van der Waals surface area contributed by atoms with Crippen LogP contribution in [0, 0.1) is 0 Å². The molecule has 1 aliphatic heterocycles. The Hall–Kier alpha value is -3.32. The second-order valence-corrected chi connectivity index (χ2v) is 8.29. The van der Waals surface area contributed by atoms with Gasteiger partial charge >= 0.3 is 6.09 Å². The van der Waals surface area contributed by atoms with Crippen molar-refractivity contribution in [3.63, 3.8) is 0 Å². The smallest absolute Gasteiger partial charge is 0.408 e. The topological polar surface area (TPSA) is 96.5 Å². The first-order valence-corrected chi connectivity index (χ1v) is 11.4. The van der Waals surface area contributed by atoms with E-state index in [4.69, 9.17) is 16.3 Å². The van der Waals surface area contributed by atoms with E-state index < -0.39 is 18.2 Å². The molecule has 2 aromatic rings. The molecule has 0 fully saturated rings. The zero-order valence-corrected chi connectivity index (χ0v) is 19.0. The quantitative estimate of drug-likeness (QED) is 0.624. The molecule has 8 heteroatoms. The Bertz CT molecular complexity index is 981. The molecule has 0 bridgehead atoms. The second-order valence-electron chi connectivity index (χ2n) is 7.85. The molecule has 2 aromatic carbocycles. The van der Waals surface area contributed by atoms with Crippen LogP contribution in [0.4, 0.5) is 4.79 Å². The average Bonchev–Trinajstić information content (AvgIpc) is 2.80. The van der Waals surface area contributed by atoms with E-state index in [-0.39, 0.29) is 18.4 Å². The summed E-state index contributed by atoms with van der Waals surface area (Å²) >= 11 is 6.08. The first-order chi connectivity index (χ1) is 16.0. The van der Waals surface area contributed by atoms with Crippen molar-refractivity contribution in [1.82, 2.24) is 16.0 Å². The van der Waals surface area contributed by atoms with Gasteiger partial charge in [0.2, 0.25) is 11.8 Å². The van der Waals surface area contributed by atoms with Gasteiger partial charge < -0.3 is 20.7 Å². The number of nitrogens with one attached hydrogen (secondary N) is 3. The molecule has 0 saturated heterocycles. The van der Waals surface area contributed by atoms with Crippen molar-refractivity contribution in [2.45, 2.75) is 44.4 Å². The predicted octanol–water partition coefficient (Wildman–Crippen LogP) is 3.52. The molecule has 33 heavy (non-hydrogen) atoms. The highest BCUT2D eigenvalue weighted by Crippen LogP contribution is 2.13. The van der Waals surface area contributed by atoms with Crippen molar-refractivity contribution in [2.75, 3.05) is 6.54 Å². The molecular weight excluding hydrogens is 442 g/mol. The summed E-state index contributed by atoms with van der Waals surface area (Å²) in [7, 11) is 0. The summed E-state index contributed by atoms with van der Waals surface area (Å²) < 4.78 is 5.29. The molecule has 0 saturated carbocycles. The van der Waals surface area contributed by atoms with E-state index in [1.165, 1.54) is 6.08 Å². The molecule has 3 N–H and O–H groups in total. The number of hydrogen-bond donors (Lipinski definition) is 3. The summed E-state index contributed by atoms with van der Waals surface area (Å²) in [5.41, 5.74) is 1.77. The van der Waals surface area contributed by atoms with Crippen molar-refractivity contribution in [2.24, 2.45) is 0 Å². The lowest BCUT2D eigenvalue weighted by Gasteiger charge is -2.22. The van der Waals surface area contributed by atoms with Gasteiger partial charge in [0.15, 0.2) is 0 Å². The van der Waals surface area contributed by atoms with Gasteiger partial charge in [0.05, 0.1) is 6.04 Å². The number of carbonyl (C=O) groups excluding carboxylic acids is 3. The number of carbonyl (C=O) groups is 3. The fraction of sp³-hybridized carbons (Fsp3) is 0.320. The van der Waals surface area contributed by atoms with Crippen molar-refractivity contribution < 1.29 is 19.1 Å². The lowest BCUT2D eigenvalue weighted by molar-refractivity contribution is -0.124. The molecule has 2 atom stereocenters. The summed E-state index contributed by atoms with van der Waals surface area (Å²) in [5, 5.41) is 9.04. The van der Waals surface area contributed by atoms with Crippen LogP contribution < -0.4 is 16.0 Å². The fourth-order valence-corrected chi connectivity index (χ4v) is 3.70. The average molecular weight is 470 g/mol. The first-order valence-electron chi connectivity index (χ1n) is 11.0. The summed E-state index contributed by atoms with van der Waals surface area (Å²) in [6, 6.07) is 15.4. The Balaban J connectivity index is 1.67. The van der Waals surface area contributed by atoms with Gasteiger partial charge in [-0.25, -0.2) is 4.79 Å². The van der Waals surface area contributed by atoms with Crippen LogP contribution in [0.3, 0.4) is 0 Å². The molecule has 3 amide bonds. The van der Waals surface area contributed by atoms with Crippen LogP contribution in [0.25, 0.3) is 0 Å². The molecule has 3 rings (SSSR count). The number of benzene rings is 2. The predicted molar refractivity (Wildman–Crippen MR) is 127 cm³/mol. The van der Waals surface area contributed by atoms with Crippen LogP contribution in [0.2, 0.25) is 5.02 Å². The molecular formula is C25H28ClN3O4. The van der Waals surface area contributed by atoms with Crippen LogP contribution in [-0.2, 0) is 27.4 Å². The SMILES string of the molecule is O=C1C=C[C@H](Cc2cccc(Cl)c2)NC(=O)[C@@H](NC(=O)OCc2ccccc2)CCCCN1. The minimum Gasteiger partial charge on any atom is -0.445 e. The van der Waals surface area contributed by atoms with E-state index in [2.05, 4.69) is 16.0 Å².